The summed E-state index contributed by atoms with van der Waals surface area (Å²) in [4.78, 5) is 31.2. The minimum absolute atomic E-state index is 0.145. The molecule has 1 aromatic heterocycles. The maximum absolute atomic E-state index is 12.2. The fourth-order valence-electron chi connectivity index (χ4n) is 2.96. The molecule has 1 fully saturated rings. The van der Waals surface area contributed by atoms with Crippen molar-refractivity contribution in [2.75, 3.05) is 24.6 Å². The average molecular weight is 378 g/mol. The van der Waals surface area contributed by atoms with Crippen LogP contribution < -0.4 is 4.80 Å². The average Bonchev–Trinajstić information content (AvgIpc) is 2.80. The van der Waals surface area contributed by atoms with E-state index in [2.05, 4.69) is 4.99 Å². The number of likely N-dealkylation sites (tertiary alicyclic amines) is 1. The minimum Gasteiger partial charge on any atom is -0.342 e. The molecule has 5 nitrogen and oxygen atoms in total. The lowest BCUT2D eigenvalue weighted by Gasteiger charge is -2.19. The van der Waals surface area contributed by atoms with Crippen LogP contribution in [0.3, 0.4) is 0 Å². The van der Waals surface area contributed by atoms with E-state index in [0.717, 1.165) is 36.1 Å². The van der Waals surface area contributed by atoms with Gasteiger partial charge in [-0.25, -0.2) is 0 Å². The fraction of sp³-hybridized carbons (Fsp3) is 0.500. The van der Waals surface area contributed by atoms with Gasteiger partial charge in [-0.05, 0) is 25.0 Å². The summed E-state index contributed by atoms with van der Waals surface area (Å²) in [5, 5.41) is 0. The first kappa shape index (κ1) is 18.2. The van der Waals surface area contributed by atoms with E-state index < -0.39 is 0 Å². The summed E-state index contributed by atoms with van der Waals surface area (Å²) in [6.45, 7) is 1.71. The molecule has 2 amide bonds. The van der Waals surface area contributed by atoms with Crippen LogP contribution in [0.2, 0.25) is 0 Å². The number of fused-ring (bicyclic) bond motifs is 1. The van der Waals surface area contributed by atoms with Crippen LogP contribution in [-0.4, -0.2) is 45.9 Å². The smallest absolute Gasteiger partial charge is 0.258 e. The third-order valence-corrected chi connectivity index (χ3v) is 6.36. The van der Waals surface area contributed by atoms with Gasteiger partial charge in [0, 0.05) is 20.1 Å². The summed E-state index contributed by atoms with van der Waals surface area (Å²) in [6.07, 6.45) is 4.60. The van der Waals surface area contributed by atoms with Gasteiger partial charge in [0.2, 0.25) is 5.91 Å². The summed E-state index contributed by atoms with van der Waals surface area (Å²) in [6, 6.07) is 8.00. The third-order valence-electron chi connectivity index (χ3n) is 4.34. The summed E-state index contributed by atoms with van der Waals surface area (Å²) in [5.41, 5.74) is 1.07. The molecule has 134 valence electrons. The van der Waals surface area contributed by atoms with E-state index in [0.29, 0.717) is 10.6 Å². The highest BCUT2D eigenvalue weighted by molar-refractivity contribution is 8.00. The van der Waals surface area contributed by atoms with Gasteiger partial charge in [-0.2, -0.15) is 4.99 Å². The van der Waals surface area contributed by atoms with Crippen molar-refractivity contribution in [3.05, 3.63) is 29.1 Å². The van der Waals surface area contributed by atoms with Crippen LogP contribution in [0, 0.1) is 0 Å². The highest BCUT2D eigenvalue weighted by Crippen LogP contribution is 2.15. The molecule has 0 spiro atoms. The number of thioether (sulfide) groups is 1. The number of hydrogen-bond acceptors (Lipinski definition) is 4. The van der Waals surface area contributed by atoms with Gasteiger partial charge in [0.15, 0.2) is 4.80 Å². The first-order chi connectivity index (χ1) is 12.1. The topological polar surface area (TPSA) is 54.7 Å². The molecule has 0 unspecified atom stereocenters. The SMILES string of the molecule is Cn1c(=NC(=O)CSCC(=O)N2CCCCCC2)sc2ccccc21. The van der Waals surface area contributed by atoms with Gasteiger partial charge in [-0.3, -0.25) is 9.59 Å². The first-order valence-electron chi connectivity index (χ1n) is 8.63. The fourth-order valence-corrected chi connectivity index (χ4v) is 4.70. The Morgan fingerprint density at radius 2 is 1.84 bits per heavy atom. The van der Waals surface area contributed by atoms with Crippen LogP contribution in [0.4, 0.5) is 0 Å². The van der Waals surface area contributed by atoms with E-state index in [1.54, 1.807) is 0 Å². The Hall–Kier alpha value is -1.60. The summed E-state index contributed by atoms with van der Waals surface area (Å²) < 4.78 is 3.05. The van der Waals surface area contributed by atoms with Gasteiger partial charge >= 0.3 is 0 Å². The number of carbonyl (C=O) groups is 2. The van der Waals surface area contributed by atoms with Gasteiger partial charge in [0.1, 0.15) is 0 Å². The lowest BCUT2D eigenvalue weighted by molar-refractivity contribution is -0.128. The van der Waals surface area contributed by atoms with Crippen LogP contribution >= 0.6 is 23.1 Å². The number of aromatic nitrogens is 1. The molecular weight excluding hydrogens is 354 g/mol. The molecule has 7 heteroatoms. The molecule has 1 aliphatic heterocycles. The second-order valence-corrected chi connectivity index (χ2v) is 8.20. The second-order valence-electron chi connectivity index (χ2n) is 6.20. The molecule has 0 radical (unpaired) electrons. The molecule has 1 aromatic carbocycles. The van der Waals surface area contributed by atoms with E-state index in [1.165, 1.54) is 35.9 Å². The molecule has 25 heavy (non-hydrogen) atoms. The molecule has 1 aliphatic rings. The van der Waals surface area contributed by atoms with Crippen molar-refractivity contribution in [2.24, 2.45) is 12.0 Å². The minimum atomic E-state index is -0.184. The number of carbonyl (C=O) groups excluding carboxylic acids is 2. The van der Waals surface area contributed by atoms with Crippen molar-refractivity contribution in [2.45, 2.75) is 25.7 Å². The Labute approximate surface area is 155 Å². The summed E-state index contributed by atoms with van der Waals surface area (Å²) >= 11 is 2.87. The Morgan fingerprint density at radius 1 is 1.12 bits per heavy atom. The number of nitrogens with zero attached hydrogens (tertiary/aromatic N) is 3. The standard InChI is InChI=1S/C18H23N3O2S2/c1-20-14-8-4-5-9-15(14)25-18(20)19-16(22)12-24-13-17(23)21-10-6-2-3-7-11-21/h4-5,8-9H,2-3,6-7,10-13H2,1H3. The monoisotopic (exact) mass is 377 g/mol. The van der Waals surface area contributed by atoms with Crippen LogP contribution in [0.15, 0.2) is 29.3 Å². The predicted octanol–water partition coefficient (Wildman–Crippen LogP) is 2.80. The van der Waals surface area contributed by atoms with Crippen molar-refractivity contribution in [3.63, 3.8) is 0 Å². The number of para-hydroxylation sites is 1. The Balaban J connectivity index is 1.55. The lowest BCUT2D eigenvalue weighted by atomic mass is 10.2. The maximum Gasteiger partial charge on any atom is 0.258 e. The Kier molecular flexibility index (Phi) is 6.31. The van der Waals surface area contributed by atoms with Gasteiger partial charge in [-0.1, -0.05) is 36.3 Å². The van der Waals surface area contributed by atoms with Gasteiger partial charge in [-0.15, -0.1) is 11.8 Å². The Morgan fingerprint density at radius 3 is 2.56 bits per heavy atom. The van der Waals surface area contributed by atoms with Crippen LogP contribution in [0.25, 0.3) is 10.2 Å². The number of benzene rings is 1. The quantitative estimate of drug-likeness (QED) is 0.823. The van der Waals surface area contributed by atoms with Gasteiger partial charge in [0.05, 0.1) is 21.7 Å². The van der Waals surface area contributed by atoms with Gasteiger partial charge < -0.3 is 9.47 Å². The zero-order valence-electron chi connectivity index (χ0n) is 14.4. The van der Waals surface area contributed by atoms with Crippen molar-refractivity contribution in [1.29, 1.82) is 0 Å². The second kappa shape index (κ2) is 8.67. The molecule has 0 bridgehead atoms. The Bertz CT molecular complexity index is 817. The van der Waals surface area contributed by atoms with Gasteiger partial charge in [0.25, 0.3) is 5.91 Å². The molecule has 0 aliphatic carbocycles. The summed E-state index contributed by atoms with van der Waals surface area (Å²) in [5.74, 6) is 0.566. The van der Waals surface area contributed by atoms with Crippen molar-refractivity contribution in [1.82, 2.24) is 9.47 Å². The zero-order chi connectivity index (χ0) is 17.6. The zero-order valence-corrected chi connectivity index (χ0v) is 16.1. The van der Waals surface area contributed by atoms with E-state index in [-0.39, 0.29) is 17.6 Å². The molecule has 0 atom stereocenters. The van der Waals surface area contributed by atoms with Crippen molar-refractivity contribution in [3.8, 4) is 0 Å². The molecule has 0 saturated carbocycles. The normalized spacial score (nSPS) is 16.2. The van der Waals surface area contributed by atoms with Crippen molar-refractivity contribution >= 4 is 45.1 Å². The van der Waals surface area contributed by atoms with E-state index in [4.69, 9.17) is 0 Å². The molecule has 3 rings (SSSR count). The number of amides is 2. The maximum atomic E-state index is 12.2. The van der Waals surface area contributed by atoms with E-state index in [1.807, 2.05) is 40.8 Å². The van der Waals surface area contributed by atoms with E-state index in [9.17, 15) is 9.59 Å². The highest BCUT2D eigenvalue weighted by Gasteiger charge is 2.15. The highest BCUT2D eigenvalue weighted by atomic mass is 32.2. The molecule has 0 N–H and O–H groups in total. The molecular formula is C18H23N3O2S2. The van der Waals surface area contributed by atoms with Crippen LogP contribution in [-0.2, 0) is 16.6 Å². The number of rotatable bonds is 4. The summed E-state index contributed by atoms with van der Waals surface area (Å²) in [7, 11) is 1.92. The molecule has 2 heterocycles. The van der Waals surface area contributed by atoms with Crippen LogP contribution in [0.1, 0.15) is 25.7 Å². The van der Waals surface area contributed by atoms with E-state index >= 15 is 0 Å². The number of thiazole rings is 1. The molecule has 2 aromatic rings. The predicted molar refractivity (Wildman–Crippen MR) is 104 cm³/mol. The number of hydrogen-bond donors (Lipinski definition) is 0. The largest absolute Gasteiger partial charge is 0.342 e. The molecule has 1 saturated heterocycles. The van der Waals surface area contributed by atoms with Crippen molar-refractivity contribution < 1.29 is 9.59 Å². The number of aryl methyl sites for hydroxylation is 1. The lowest BCUT2D eigenvalue weighted by Crippen LogP contribution is -2.33. The first-order valence-corrected chi connectivity index (χ1v) is 10.6. The van der Waals surface area contributed by atoms with Crippen LogP contribution in [0.5, 0.6) is 0 Å². The third kappa shape index (κ3) is 4.73.